The number of benzene rings is 2. The van der Waals surface area contributed by atoms with Gasteiger partial charge in [-0.05, 0) is 43.0 Å². The minimum atomic E-state index is 0.0363. The fourth-order valence-corrected chi connectivity index (χ4v) is 3.67. The van der Waals surface area contributed by atoms with E-state index in [2.05, 4.69) is 49.2 Å². The molecular formula is C23H31N3O2. The second-order valence-electron chi connectivity index (χ2n) is 7.26. The molecule has 0 bridgehead atoms. The minimum Gasteiger partial charge on any atom is -0.392 e. The monoisotopic (exact) mass is 381 g/mol. The van der Waals surface area contributed by atoms with Crippen molar-refractivity contribution in [3.63, 3.8) is 0 Å². The first-order chi connectivity index (χ1) is 13.6. The van der Waals surface area contributed by atoms with E-state index in [0.29, 0.717) is 13.2 Å². The Kier molecular flexibility index (Phi) is 7.06. The van der Waals surface area contributed by atoms with Gasteiger partial charge in [0, 0.05) is 13.1 Å². The number of rotatable bonds is 5. The summed E-state index contributed by atoms with van der Waals surface area (Å²) in [7, 11) is 0. The van der Waals surface area contributed by atoms with E-state index in [1.807, 2.05) is 24.3 Å². The van der Waals surface area contributed by atoms with E-state index in [1.165, 1.54) is 16.7 Å². The van der Waals surface area contributed by atoms with Gasteiger partial charge in [-0.2, -0.15) is 0 Å². The summed E-state index contributed by atoms with van der Waals surface area (Å²) in [5.41, 5.74) is 5.77. The Balaban J connectivity index is 1.77. The van der Waals surface area contributed by atoms with E-state index in [9.17, 15) is 5.11 Å². The number of aliphatic hydroxyl groups excluding tert-OH is 1. The second kappa shape index (κ2) is 9.71. The van der Waals surface area contributed by atoms with Crippen LogP contribution in [0.2, 0.25) is 0 Å². The van der Waals surface area contributed by atoms with Gasteiger partial charge in [-0.25, -0.2) is 4.99 Å². The lowest BCUT2D eigenvalue weighted by Crippen LogP contribution is -2.48. The molecule has 0 spiro atoms. The van der Waals surface area contributed by atoms with Crippen LogP contribution >= 0.6 is 0 Å². The zero-order valence-electron chi connectivity index (χ0n) is 17.1. The average Bonchev–Trinajstić information content (AvgIpc) is 2.71. The fraction of sp³-hybridized carbons (Fsp3) is 0.435. The highest BCUT2D eigenvalue weighted by molar-refractivity contribution is 5.80. The van der Waals surface area contributed by atoms with Crippen LogP contribution in [-0.4, -0.2) is 42.2 Å². The van der Waals surface area contributed by atoms with Crippen LogP contribution in [0.25, 0.3) is 0 Å². The first-order valence-electron chi connectivity index (χ1n) is 10.0. The van der Waals surface area contributed by atoms with Gasteiger partial charge in [0.05, 0.1) is 26.3 Å². The molecule has 1 aliphatic rings. The molecule has 0 saturated carbocycles. The highest BCUT2D eigenvalue weighted by atomic mass is 16.5. The van der Waals surface area contributed by atoms with E-state index in [1.54, 1.807) is 0 Å². The number of aliphatic imine (C=N–C) groups is 1. The Hall–Kier alpha value is -2.37. The Labute approximate surface area is 168 Å². The van der Waals surface area contributed by atoms with Gasteiger partial charge in [0.25, 0.3) is 0 Å². The quantitative estimate of drug-likeness (QED) is 0.616. The van der Waals surface area contributed by atoms with Crippen molar-refractivity contribution in [2.75, 3.05) is 26.2 Å². The standard InChI is InChI=1S/C23H31N3O2/c1-4-24-23(25-14-19-7-5-6-8-20(19)16-27)26-11-12-28-22(15-26)21-10-9-17(2)13-18(21)3/h5-10,13,22,27H,4,11-12,14-16H2,1-3H3,(H,24,25). The van der Waals surface area contributed by atoms with Crippen LogP contribution in [0.4, 0.5) is 0 Å². The van der Waals surface area contributed by atoms with Crippen LogP contribution in [0, 0.1) is 13.8 Å². The molecule has 1 atom stereocenters. The van der Waals surface area contributed by atoms with Gasteiger partial charge in [-0.15, -0.1) is 0 Å². The van der Waals surface area contributed by atoms with Crippen LogP contribution in [-0.2, 0) is 17.9 Å². The first kappa shape index (κ1) is 20.4. The maximum Gasteiger partial charge on any atom is 0.194 e. The van der Waals surface area contributed by atoms with Gasteiger partial charge in [0.2, 0.25) is 0 Å². The normalized spacial score (nSPS) is 17.6. The molecule has 2 N–H and O–H groups in total. The maximum absolute atomic E-state index is 9.55. The highest BCUT2D eigenvalue weighted by Crippen LogP contribution is 2.26. The van der Waals surface area contributed by atoms with Gasteiger partial charge >= 0.3 is 0 Å². The zero-order valence-corrected chi connectivity index (χ0v) is 17.1. The van der Waals surface area contributed by atoms with Gasteiger partial charge < -0.3 is 20.1 Å². The lowest BCUT2D eigenvalue weighted by Gasteiger charge is -2.36. The molecule has 0 aromatic heterocycles. The van der Waals surface area contributed by atoms with E-state index < -0.39 is 0 Å². The van der Waals surface area contributed by atoms with Crippen LogP contribution in [0.5, 0.6) is 0 Å². The Morgan fingerprint density at radius 1 is 1.21 bits per heavy atom. The number of aryl methyl sites for hydroxylation is 2. The van der Waals surface area contributed by atoms with Gasteiger partial charge in [-0.1, -0.05) is 48.0 Å². The molecule has 1 heterocycles. The number of hydrogen-bond acceptors (Lipinski definition) is 3. The lowest BCUT2D eigenvalue weighted by molar-refractivity contribution is -0.00834. The Morgan fingerprint density at radius 3 is 2.71 bits per heavy atom. The van der Waals surface area contributed by atoms with Crippen molar-refractivity contribution in [1.29, 1.82) is 0 Å². The molecule has 5 nitrogen and oxygen atoms in total. The van der Waals surface area contributed by atoms with Crippen LogP contribution in [0.1, 0.15) is 40.8 Å². The molecule has 1 fully saturated rings. The summed E-state index contributed by atoms with van der Waals surface area (Å²) in [6, 6.07) is 14.4. The van der Waals surface area contributed by atoms with E-state index in [-0.39, 0.29) is 12.7 Å². The van der Waals surface area contributed by atoms with Crippen molar-refractivity contribution in [3.8, 4) is 0 Å². The SMILES string of the molecule is CCNC(=NCc1ccccc1CO)N1CCOC(c2ccc(C)cc2C)C1. The van der Waals surface area contributed by atoms with Gasteiger partial charge in [-0.3, -0.25) is 0 Å². The third kappa shape index (κ3) is 4.91. The first-order valence-corrected chi connectivity index (χ1v) is 10.0. The molecular weight excluding hydrogens is 350 g/mol. The average molecular weight is 382 g/mol. The number of guanidine groups is 1. The Morgan fingerprint density at radius 2 is 2.00 bits per heavy atom. The smallest absolute Gasteiger partial charge is 0.194 e. The molecule has 28 heavy (non-hydrogen) atoms. The lowest BCUT2D eigenvalue weighted by atomic mass is 10.00. The van der Waals surface area contributed by atoms with E-state index >= 15 is 0 Å². The molecule has 1 unspecified atom stereocenters. The maximum atomic E-state index is 9.55. The molecule has 0 amide bonds. The van der Waals surface area contributed by atoms with Crippen molar-refractivity contribution in [2.45, 2.75) is 40.0 Å². The van der Waals surface area contributed by atoms with Crippen molar-refractivity contribution in [2.24, 2.45) is 4.99 Å². The summed E-state index contributed by atoms with van der Waals surface area (Å²) < 4.78 is 6.09. The van der Waals surface area contributed by atoms with Crippen molar-refractivity contribution >= 4 is 5.96 Å². The molecule has 5 heteroatoms. The third-order valence-electron chi connectivity index (χ3n) is 5.16. The summed E-state index contributed by atoms with van der Waals surface area (Å²) in [5.74, 6) is 0.897. The largest absolute Gasteiger partial charge is 0.392 e. The number of hydrogen-bond donors (Lipinski definition) is 2. The predicted molar refractivity (Wildman–Crippen MR) is 113 cm³/mol. The molecule has 2 aromatic carbocycles. The van der Waals surface area contributed by atoms with E-state index in [4.69, 9.17) is 9.73 Å². The van der Waals surface area contributed by atoms with Crippen molar-refractivity contribution in [3.05, 3.63) is 70.3 Å². The topological polar surface area (TPSA) is 57.1 Å². The van der Waals surface area contributed by atoms with Crippen LogP contribution in [0.15, 0.2) is 47.5 Å². The van der Waals surface area contributed by atoms with Gasteiger partial charge in [0.15, 0.2) is 5.96 Å². The van der Waals surface area contributed by atoms with E-state index in [0.717, 1.165) is 36.7 Å². The predicted octanol–water partition coefficient (Wildman–Crippen LogP) is 3.33. The summed E-state index contributed by atoms with van der Waals surface area (Å²) in [5, 5.41) is 13.0. The number of aliphatic hydroxyl groups is 1. The zero-order chi connectivity index (χ0) is 19.9. The van der Waals surface area contributed by atoms with Crippen LogP contribution < -0.4 is 5.32 Å². The molecule has 1 aliphatic heterocycles. The fourth-order valence-electron chi connectivity index (χ4n) is 3.67. The molecule has 1 saturated heterocycles. The van der Waals surface area contributed by atoms with Crippen molar-refractivity contribution < 1.29 is 9.84 Å². The molecule has 2 aromatic rings. The van der Waals surface area contributed by atoms with Crippen molar-refractivity contribution in [1.82, 2.24) is 10.2 Å². The Bertz CT molecular complexity index is 819. The molecule has 3 rings (SSSR count). The van der Waals surface area contributed by atoms with Crippen LogP contribution in [0.3, 0.4) is 0 Å². The number of nitrogens with zero attached hydrogens (tertiary/aromatic N) is 2. The second-order valence-corrected chi connectivity index (χ2v) is 7.26. The number of nitrogens with one attached hydrogen (secondary N) is 1. The summed E-state index contributed by atoms with van der Waals surface area (Å²) in [6.45, 7) is 10.0. The highest BCUT2D eigenvalue weighted by Gasteiger charge is 2.25. The summed E-state index contributed by atoms with van der Waals surface area (Å²) in [6.07, 6.45) is 0.0444. The summed E-state index contributed by atoms with van der Waals surface area (Å²) in [4.78, 5) is 7.12. The van der Waals surface area contributed by atoms with Gasteiger partial charge in [0.1, 0.15) is 6.10 Å². The number of morpholine rings is 1. The summed E-state index contributed by atoms with van der Waals surface area (Å²) >= 11 is 0. The minimum absolute atomic E-state index is 0.0363. The molecule has 0 radical (unpaired) electrons. The number of ether oxygens (including phenoxy) is 1. The molecule has 150 valence electrons. The molecule has 0 aliphatic carbocycles. The third-order valence-corrected chi connectivity index (χ3v) is 5.16.